The first-order chi connectivity index (χ1) is 12.2. The summed E-state index contributed by atoms with van der Waals surface area (Å²) >= 11 is 0. The number of ether oxygens (including phenoxy) is 1. The topological polar surface area (TPSA) is 117 Å². The summed E-state index contributed by atoms with van der Waals surface area (Å²) in [5.74, 6) is -0.352. The molecular weight excluding hydrogens is 338 g/mol. The minimum atomic E-state index is -1.11. The fourth-order valence-corrected chi connectivity index (χ4v) is 2.13. The molecule has 0 fully saturated rings. The van der Waals surface area contributed by atoms with E-state index in [-0.39, 0.29) is 12.5 Å². The highest BCUT2D eigenvalue weighted by atomic mass is 16.6. The van der Waals surface area contributed by atoms with Crippen LogP contribution in [-0.2, 0) is 16.0 Å². The zero-order valence-electron chi connectivity index (χ0n) is 15.4. The van der Waals surface area contributed by atoms with Crippen LogP contribution in [0.3, 0.4) is 0 Å². The minimum Gasteiger partial charge on any atom is -0.465 e. The van der Waals surface area contributed by atoms with Gasteiger partial charge >= 0.3 is 12.2 Å². The van der Waals surface area contributed by atoms with Crippen LogP contribution in [-0.4, -0.2) is 47.9 Å². The van der Waals surface area contributed by atoms with Crippen molar-refractivity contribution in [1.29, 1.82) is 0 Å². The number of rotatable bonds is 8. The summed E-state index contributed by atoms with van der Waals surface area (Å²) in [5, 5.41) is 16.0. The van der Waals surface area contributed by atoms with E-state index in [0.717, 1.165) is 5.56 Å². The molecule has 8 nitrogen and oxygen atoms in total. The van der Waals surface area contributed by atoms with E-state index in [1.54, 1.807) is 20.8 Å². The van der Waals surface area contributed by atoms with Crippen molar-refractivity contribution in [3.8, 4) is 0 Å². The first-order valence-electron chi connectivity index (χ1n) is 8.45. The van der Waals surface area contributed by atoms with Gasteiger partial charge < -0.3 is 25.8 Å². The third-order valence-electron chi connectivity index (χ3n) is 3.22. The van der Waals surface area contributed by atoms with Crippen molar-refractivity contribution in [2.45, 2.75) is 45.3 Å². The Morgan fingerprint density at radius 3 is 2.27 bits per heavy atom. The van der Waals surface area contributed by atoms with Crippen LogP contribution in [0.4, 0.5) is 9.59 Å². The monoisotopic (exact) mass is 365 g/mol. The maximum absolute atomic E-state index is 12.4. The van der Waals surface area contributed by atoms with Gasteiger partial charge in [0.1, 0.15) is 11.6 Å². The average Bonchev–Trinajstić information content (AvgIpc) is 2.52. The zero-order chi connectivity index (χ0) is 19.6. The summed E-state index contributed by atoms with van der Waals surface area (Å²) in [5.41, 5.74) is 0.233. The van der Waals surface area contributed by atoms with Crippen molar-refractivity contribution in [1.82, 2.24) is 16.0 Å². The Kier molecular flexibility index (Phi) is 8.41. The smallest absolute Gasteiger partial charge is 0.408 e. The normalized spacial score (nSPS) is 12.0. The van der Waals surface area contributed by atoms with Crippen molar-refractivity contribution in [2.75, 3.05) is 13.1 Å². The lowest BCUT2D eigenvalue weighted by atomic mass is 10.1. The van der Waals surface area contributed by atoms with Crippen LogP contribution < -0.4 is 16.0 Å². The molecule has 1 aromatic rings. The maximum atomic E-state index is 12.4. The third kappa shape index (κ3) is 9.51. The Morgan fingerprint density at radius 2 is 1.69 bits per heavy atom. The van der Waals surface area contributed by atoms with E-state index < -0.39 is 23.8 Å². The van der Waals surface area contributed by atoms with E-state index in [4.69, 9.17) is 9.84 Å². The van der Waals surface area contributed by atoms with Gasteiger partial charge in [-0.05, 0) is 32.8 Å². The summed E-state index contributed by atoms with van der Waals surface area (Å²) in [6, 6.07) is 8.53. The second-order valence-corrected chi connectivity index (χ2v) is 6.77. The van der Waals surface area contributed by atoms with Crippen molar-refractivity contribution < 1.29 is 24.2 Å². The maximum Gasteiger partial charge on any atom is 0.408 e. The van der Waals surface area contributed by atoms with Gasteiger partial charge in [0.05, 0.1) is 0 Å². The van der Waals surface area contributed by atoms with Gasteiger partial charge in [-0.2, -0.15) is 0 Å². The highest BCUT2D eigenvalue weighted by Gasteiger charge is 2.24. The van der Waals surface area contributed by atoms with Crippen molar-refractivity contribution in [3.63, 3.8) is 0 Å². The molecule has 0 saturated heterocycles. The first-order valence-corrected chi connectivity index (χ1v) is 8.45. The molecule has 0 aliphatic heterocycles. The Labute approximate surface area is 153 Å². The molecule has 1 rings (SSSR count). The van der Waals surface area contributed by atoms with Gasteiger partial charge in [0, 0.05) is 19.5 Å². The van der Waals surface area contributed by atoms with Gasteiger partial charge in [0.2, 0.25) is 5.91 Å². The Balaban J connectivity index is 2.62. The molecule has 0 heterocycles. The molecule has 0 aliphatic carbocycles. The summed E-state index contributed by atoms with van der Waals surface area (Å²) in [4.78, 5) is 34.8. The molecule has 0 aliphatic rings. The molecule has 1 aromatic carbocycles. The van der Waals surface area contributed by atoms with Crippen molar-refractivity contribution >= 4 is 18.1 Å². The summed E-state index contributed by atoms with van der Waals surface area (Å²) in [6.07, 6.45) is -1.01. The van der Waals surface area contributed by atoms with Crippen LogP contribution in [0.2, 0.25) is 0 Å². The highest BCUT2D eigenvalue weighted by molar-refractivity contribution is 5.86. The minimum absolute atomic E-state index is 0.235. The number of alkyl carbamates (subject to hydrolysis) is 1. The molecule has 1 atom stereocenters. The molecule has 0 bridgehead atoms. The summed E-state index contributed by atoms with van der Waals surface area (Å²) < 4.78 is 5.22. The largest absolute Gasteiger partial charge is 0.465 e. The highest BCUT2D eigenvalue weighted by Crippen LogP contribution is 2.08. The molecule has 26 heavy (non-hydrogen) atoms. The lowest BCUT2D eigenvalue weighted by Crippen LogP contribution is -2.49. The lowest BCUT2D eigenvalue weighted by molar-refractivity contribution is -0.123. The predicted molar refractivity (Wildman–Crippen MR) is 97.0 cm³/mol. The fourth-order valence-electron chi connectivity index (χ4n) is 2.13. The fraction of sp³-hybridized carbons (Fsp3) is 0.500. The molecular formula is C18H27N3O5. The number of nitrogens with one attached hydrogen (secondary N) is 3. The zero-order valence-corrected chi connectivity index (χ0v) is 15.4. The Morgan fingerprint density at radius 1 is 1.08 bits per heavy atom. The molecule has 0 spiro atoms. The van der Waals surface area contributed by atoms with Crippen LogP contribution in [0, 0.1) is 0 Å². The quantitative estimate of drug-likeness (QED) is 0.525. The van der Waals surface area contributed by atoms with Crippen molar-refractivity contribution in [3.05, 3.63) is 35.9 Å². The summed E-state index contributed by atoms with van der Waals surface area (Å²) in [6.45, 7) is 5.76. The standard InChI is InChI=1S/C18H27N3O5/c1-18(2,3)26-17(25)21-14(12-13-8-5-4-6-9-13)15(22)19-10-7-11-20-16(23)24/h4-6,8-9,14,20H,7,10-12H2,1-3H3,(H,19,22)(H,21,25)(H,23,24). The van der Waals surface area contributed by atoms with Crippen LogP contribution >= 0.6 is 0 Å². The van der Waals surface area contributed by atoms with E-state index in [1.807, 2.05) is 30.3 Å². The van der Waals surface area contributed by atoms with Crippen LogP contribution in [0.5, 0.6) is 0 Å². The van der Waals surface area contributed by atoms with Gasteiger partial charge in [0.25, 0.3) is 0 Å². The molecule has 4 N–H and O–H groups in total. The molecule has 0 saturated carbocycles. The van der Waals surface area contributed by atoms with Gasteiger partial charge in [-0.1, -0.05) is 30.3 Å². The number of amides is 3. The van der Waals surface area contributed by atoms with E-state index in [1.165, 1.54) is 0 Å². The Hall–Kier alpha value is -2.77. The van der Waals surface area contributed by atoms with Crippen LogP contribution in [0.1, 0.15) is 32.8 Å². The Bertz CT molecular complexity index is 599. The molecule has 8 heteroatoms. The number of hydrogen-bond donors (Lipinski definition) is 4. The molecule has 0 radical (unpaired) electrons. The number of benzene rings is 1. The first kappa shape index (κ1) is 21.3. The van der Waals surface area contributed by atoms with E-state index >= 15 is 0 Å². The third-order valence-corrected chi connectivity index (χ3v) is 3.22. The molecule has 3 amide bonds. The molecule has 1 unspecified atom stereocenters. The van der Waals surface area contributed by atoms with Crippen LogP contribution in [0.15, 0.2) is 30.3 Å². The second kappa shape index (κ2) is 10.3. The van der Waals surface area contributed by atoms with Gasteiger partial charge in [-0.15, -0.1) is 0 Å². The van der Waals surface area contributed by atoms with Crippen LogP contribution in [0.25, 0.3) is 0 Å². The number of hydrogen-bond acceptors (Lipinski definition) is 4. The van der Waals surface area contributed by atoms with Gasteiger partial charge in [0.15, 0.2) is 0 Å². The van der Waals surface area contributed by atoms with Gasteiger partial charge in [-0.3, -0.25) is 4.79 Å². The average molecular weight is 365 g/mol. The van der Waals surface area contributed by atoms with E-state index in [0.29, 0.717) is 19.4 Å². The molecule has 0 aromatic heterocycles. The number of carboxylic acid groups (broad SMARTS) is 1. The van der Waals surface area contributed by atoms with Gasteiger partial charge in [-0.25, -0.2) is 9.59 Å². The van der Waals surface area contributed by atoms with Crippen molar-refractivity contribution in [2.24, 2.45) is 0 Å². The SMILES string of the molecule is CC(C)(C)OC(=O)NC(Cc1ccccc1)C(=O)NCCCNC(=O)O. The van der Waals surface area contributed by atoms with E-state index in [2.05, 4.69) is 16.0 Å². The summed E-state index contributed by atoms with van der Waals surface area (Å²) in [7, 11) is 0. The van der Waals surface area contributed by atoms with E-state index in [9.17, 15) is 14.4 Å². The number of carbonyl (C=O) groups excluding carboxylic acids is 2. The molecule has 144 valence electrons. The number of carbonyl (C=O) groups is 3. The predicted octanol–water partition coefficient (Wildman–Crippen LogP) is 1.90. The second-order valence-electron chi connectivity index (χ2n) is 6.77. The lowest BCUT2D eigenvalue weighted by Gasteiger charge is -2.23.